The molecule has 0 fully saturated rings. The van der Waals surface area contributed by atoms with Crippen LogP contribution in [0.3, 0.4) is 0 Å². The molecular formula is C23H31N3O5S. The predicted octanol–water partition coefficient (Wildman–Crippen LogP) is 4.12. The van der Waals surface area contributed by atoms with Gasteiger partial charge in [0.25, 0.3) is 5.69 Å². The van der Waals surface area contributed by atoms with Crippen LogP contribution in [0.25, 0.3) is 0 Å². The maximum atomic E-state index is 12.5. The van der Waals surface area contributed by atoms with Crippen molar-refractivity contribution >= 4 is 23.4 Å². The maximum Gasteiger partial charge on any atom is 0.269 e. The zero-order valence-corrected chi connectivity index (χ0v) is 19.8. The average Bonchev–Trinajstić information content (AvgIpc) is 2.80. The Morgan fingerprint density at radius 2 is 1.84 bits per heavy atom. The second-order valence-corrected chi connectivity index (χ2v) is 8.50. The normalized spacial score (nSPS) is 11.8. The molecule has 1 amide bonds. The summed E-state index contributed by atoms with van der Waals surface area (Å²) in [5.74, 6) is 1.19. The quantitative estimate of drug-likeness (QED) is 0.272. The van der Waals surface area contributed by atoms with E-state index in [2.05, 4.69) is 24.1 Å². The number of likely N-dealkylation sites (N-methyl/N-ethyl adjacent to an activating group) is 1. The van der Waals surface area contributed by atoms with E-state index in [0.29, 0.717) is 24.7 Å². The zero-order chi connectivity index (χ0) is 23.5. The number of non-ortho nitro benzene ring substituents is 1. The first-order valence-corrected chi connectivity index (χ1v) is 11.5. The lowest BCUT2D eigenvalue weighted by atomic mass is 10.2. The molecule has 32 heavy (non-hydrogen) atoms. The highest BCUT2D eigenvalue weighted by Gasteiger charge is 2.15. The number of hydrogen-bond donors (Lipinski definition) is 1. The van der Waals surface area contributed by atoms with Gasteiger partial charge in [-0.1, -0.05) is 19.9 Å². The summed E-state index contributed by atoms with van der Waals surface area (Å²) in [6.07, 6.45) is 0. The molecule has 1 N–H and O–H groups in total. The number of carbonyl (C=O) groups is 1. The van der Waals surface area contributed by atoms with Crippen molar-refractivity contribution in [2.24, 2.45) is 0 Å². The van der Waals surface area contributed by atoms with E-state index >= 15 is 0 Å². The minimum atomic E-state index is -0.444. The molecule has 174 valence electrons. The molecule has 8 nitrogen and oxygen atoms in total. The number of nitrogens with one attached hydrogen (secondary N) is 1. The van der Waals surface area contributed by atoms with Crippen molar-refractivity contribution in [3.63, 3.8) is 0 Å². The van der Waals surface area contributed by atoms with Gasteiger partial charge in [-0.15, -0.1) is 11.8 Å². The van der Waals surface area contributed by atoms with Gasteiger partial charge in [0.05, 0.1) is 17.3 Å². The van der Waals surface area contributed by atoms with Crippen molar-refractivity contribution in [1.82, 2.24) is 10.2 Å². The smallest absolute Gasteiger partial charge is 0.269 e. The molecule has 0 bridgehead atoms. The number of methoxy groups -OCH3 is 1. The van der Waals surface area contributed by atoms with Crippen LogP contribution in [0.2, 0.25) is 0 Å². The molecule has 0 saturated carbocycles. The van der Waals surface area contributed by atoms with E-state index in [0.717, 1.165) is 30.1 Å². The Morgan fingerprint density at radius 1 is 1.16 bits per heavy atom. The van der Waals surface area contributed by atoms with Gasteiger partial charge >= 0.3 is 0 Å². The van der Waals surface area contributed by atoms with Crippen LogP contribution >= 0.6 is 11.8 Å². The Morgan fingerprint density at radius 3 is 2.44 bits per heavy atom. The van der Waals surface area contributed by atoms with Crippen molar-refractivity contribution < 1.29 is 19.2 Å². The second kappa shape index (κ2) is 12.9. The minimum absolute atomic E-state index is 0.0286. The number of rotatable bonds is 13. The lowest BCUT2D eigenvalue weighted by Gasteiger charge is -2.19. The molecule has 2 aromatic rings. The fraction of sp³-hybridized carbons (Fsp3) is 0.435. The van der Waals surface area contributed by atoms with Crippen molar-refractivity contribution in [3.05, 3.63) is 58.1 Å². The van der Waals surface area contributed by atoms with E-state index in [1.807, 2.05) is 18.2 Å². The number of thioether (sulfide) groups is 1. The van der Waals surface area contributed by atoms with Gasteiger partial charge in [-0.05, 0) is 49.8 Å². The lowest BCUT2D eigenvalue weighted by molar-refractivity contribution is -0.384. The van der Waals surface area contributed by atoms with Crippen LogP contribution in [0.15, 0.2) is 47.4 Å². The summed E-state index contributed by atoms with van der Waals surface area (Å²) in [6.45, 7) is 9.79. The van der Waals surface area contributed by atoms with E-state index in [1.54, 1.807) is 26.2 Å². The van der Waals surface area contributed by atoms with Crippen LogP contribution in [-0.4, -0.2) is 54.3 Å². The third kappa shape index (κ3) is 7.72. The third-order valence-electron chi connectivity index (χ3n) is 4.98. The summed E-state index contributed by atoms with van der Waals surface area (Å²) in [4.78, 5) is 25.9. The van der Waals surface area contributed by atoms with Crippen molar-refractivity contribution in [3.8, 4) is 11.5 Å². The summed E-state index contributed by atoms with van der Waals surface area (Å²) in [5.41, 5.74) is 0.930. The third-order valence-corrected chi connectivity index (χ3v) is 6.10. The van der Waals surface area contributed by atoms with E-state index in [4.69, 9.17) is 9.47 Å². The van der Waals surface area contributed by atoms with Crippen molar-refractivity contribution in [1.29, 1.82) is 0 Å². The molecule has 2 rings (SSSR count). The highest BCUT2D eigenvalue weighted by molar-refractivity contribution is 8.00. The van der Waals surface area contributed by atoms with E-state index in [-0.39, 0.29) is 16.8 Å². The molecule has 0 heterocycles. The summed E-state index contributed by atoms with van der Waals surface area (Å²) in [6, 6.07) is 11.8. The van der Waals surface area contributed by atoms with Gasteiger partial charge in [-0.3, -0.25) is 14.9 Å². The van der Waals surface area contributed by atoms with Crippen molar-refractivity contribution in [2.45, 2.75) is 37.5 Å². The monoisotopic (exact) mass is 461 g/mol. The number of hydrogen-bond acceptors (Lipinski definition) is 7. The first-order valence-electron chi connectivity index (χ1n) is 10.6. The summed E-state index contributed by atoms with van der Waals surface area (Å²) >= 11 is 1.35. The molecule has 0 unspecified atom stereocenters. The van der Waals surface area contributed by atoms with Crippen LogP contribution in [0.1, 0.15) is 26.3 Å². The van der Waals surface area contributed by atoms with Gasteiger partial charge in [-0.2, -0.15) is 0 Å². The van der Waals surface area contributed by atoms with Gasteiger partial charge in [0.1, 0.15) is 6.61 Å². The zero-order valence-electron chi connectivity index (χ0n) is 19.0. The Kier molecular flexibility index (Phi) is 10.3. The molecule has 9 heteroatoms. The van der Waals surface area contributed by atoms with E-state index in [9.17, 15) is 14.9 Å². The van der Waals surface area contributed by atoms with Crippen LogP contribution in [0.5, 0.6) is 11.5 Å². The number of nitro benzene ring substituents is 1. The van der Waals surface area contributed by atoms with Crippen LogP contribution in [-0.2, 0) is 11.3 Å². The van der Waals surface area contributed by atoms with Gasteiger partial charge < -0.3 is 19.7 Å². The predicted molar refractivity (Wildman–Crippen MR) is 127 cm³/mol. The molecule has 0 saturated heterocycles. The first kappa shape index (κ1) is 25.5. The largest absolute Gasteiger partial charge is 0.493 e. The number of carbonyl (C=O) groups excluding carboxylic acids is 1. The number of benzene rings is 2. The lowest BCUT2D eigenvalue weighted by Crippen LogP contribution is -2.30. The summed E-state index contributed by atoms with van der Waals surface area (Å²) in [5, 5.41) is 13.3. The summed E-state index contributed by atoms with van der Waals surface area (Å²) in [7, 11) is 1.60. The molecule has 0 aliphatic rings. The van der Waals surface area contributed by atoms with Gasteiger partial charge in [0.15, 0.2) is 11.5 Å². The van der Waals surface area contributed by atoms with Gasteiger partial charge in [-0.25, -0.2) is 0 Å². The highest BCUT2D eigenvalue weighted by atomic mass is 32.2. The molecule has 0 aliphatic heterocycles. The van der Waals surface area contributed by atoms with Gasteiger partial charge in [0.2, 0.25) is 5.91 Å². The molecule has 0 spiro atoms. The summed E-state index contributed by atoms with van der Waals surface area (Å²) < 4.78 is 11.3. The standard InChI is InChI=1S/C23H31N3O5S/c1-5-25(6-2)13-14-31-21-12-7-18(15-22(21)30-4)16-24-23(27)17(3)32-20-10-8-19(9-11-20)26(28)29/h7-12,15,17H,5-6,13-14,16H2,1-4H3,(H,24,27)/t17-/m0/s1. The SMILES string of the molecule is CCN(CC)CCOc1ccc(CNC(=O)[C@H](C)Sc2ccc([N+](=O)[O-])cc2)cc1OC. The Hall–Kier alpha value is -2.78. The average molecular weight is 462 g/mol. The maximum absolute atomic E-state index is 12.5. The first-order chi connectivity index (χ1) is 15.4. The molecular weight excluding hydrogens is 430 g/mol. The fourth-order valence-corrected chi connectivity index (χ4v) is 3.89. The number of amides is 1. The molecule has 0 aromatic heterocycles. The molecule has 0 radical (unpaired) electrons. The molecule has 2 aromatic carbocycles. The Balaban J connectivity index is 1.87. The topological polar surface area (TPSA) is 93.9 Å². The molecule has 1 atom stereocenters. The number of nitrogens with zero attached hydrogens (tertiary/aromatic N) is 2. The number of ether oxygens (including phenoxy) is 2. The van der Waals surface area contributed by atoms with Gasteiger partial charge in [0, 0.05) is 30.1 Å². The van der Waals surface area contributed by atoms with Crippen LogP contribution in [0.4, 0.5) is 5.69 Å². The van der Waals surface area contributed by atoms with E-state index in [1.165, 1.54) is 23.9 Å². The second-order valence-electron chi connectivity index (χ2n) is 7.09. The Labute approximate surface area is 193 Å². The van der Waals surface area contributed by atoms with Crippen LogP contribution < -0.4 is 14.8 Å². The van der Waals surface area contributed by atoms with Crippen molar-refractivity contribution in [2.75, 3.05) is 33.4 Å². The fourth-order valence-electron chi connectivity index (χ4n) is 3.00. The Bertz CT molecular complexity index is 888. The van der Waals surface area contributed by atoms with Crippen LogP contribution in [0, 0.1) is 10.1 Å². The minimum Gasteiger partial charge on any atom is -0.493 e. The highest BCUT2D eigenvalue weighted by Crippen LogP contribution is 2.28. The van der Waals surface area contributed by atoms with E-state index < -0.39 is 4.92 Å². The molecule has 0 aliphatic carbocycles. The number of nitro groups is 1.